The van der Waals surface area contributed by atoms with Gasteiger partial charge in [-0.25, -0.2) is 4.79 Å². The van der Waals surface area contributed by atoms with Gasteiger partial charge < -0.3 is 14.8 Å². The van der Waals surface area contributed by atoms with Gasteiger partial charge in [0.2, 0.25) is 0 Å². The average molecular weight is 389 g/mol. The first-order valence-corrected chi connectivity index (χ1v) is 8.56. The van der Waals surface area contributed by atoms with Crippen LogP contribution in [0.5, 0.6) is 5.75 Å². The smallest absolute Gasteiger partial charge is 0.387 e. The van der Waals surface area contributed by atoms with Gasteiger partial charge in [0.25, 0.3) is 5.91 Å². The molecule has 148 valence electrons. The molecule has 28 heavy (non-hydrogen) atoms. The summed E-state index contributed by atoms with van der Waals surface area (Å²) in [6.07, 6.45) is 1.30. The van der Waals surface area contributed by atoms with Crippen molar-refractivity contribution in [2.75, 3.05) is 6.61 Å². The highest BCUT2D eigenvalue weighted by molar-refractivity contribution is 5.86. The molecule has 5 nitrogen and oxygen atoms in total. The summed E-state index contributed by atoms with van der Waals surface area (Å²) in [5.74, 6) is -1.07. The van der Waals surface area contributed by atoms with Crippen LogP contribution in [-0.2, 0) is 14.3 Å². The summed E-state index contributed by atoms with van der Waals surface area (Å²) in [7, 11) is 0. The molecule has 0 aromatic heterocycles. The lowest BCUT2D eigenvalue weighted by Crippen LogP contribution is -2.33. The second-order valence-corrected chi connectivity index (χ2v) is 6.19. The van der Waals surface area contributed by atoms with E-state index in [1.54, 1.807) is 26.0 Å². The number of halogens is 2. The molecule has 0 bridgehead atoms. The maximum absolute atomic E-state index is 12.3. The van der Waals surface area contributed by atoms with Gasteiger partial charge in [-0.2, -0.15) is 8.78 Å². The predicted octanol–water partition coefficient (Wildman–Crippen LogP) is 4.00. The predicted molar refractivity (Wildman–Crippen MR) is 99.9 cm³/mol. The highest BCUT2D eigenvalue weighted by Crippen LogP contribution is 2.24. The number of hydrogen-bond donors (Lipinski definition) is 1. The molecule has 2 aromatic carbocycles. The molecule has 0 aliphatic carbocycles. The molecule has 1 N–H and O–H groups in total. The molecule has 2 aromatic rings. The molecule has 0 saturated heterocycles. The van der Waals surface area contributed by atoms with Crippen molar-refractivity contribution >= 4 is 11.9 Å². The van der Waals surface area contributed by atoms with Gasteiger partial charge >= 0.3 is 12.6 Å². The summed E-state index contributed by atoms with van der Waals surface area (Å²) >= 11 is 0. The van der Waals surface area contributed by atoms with Gasteiger partial charge in [-0.1, -0.05) is 48.0 Å². The first kappa shape index (κ1) is 21.1. The Hall–Kier alpha value is -3.22. The molecule has 0 spiro atoms. The van der Waals surface area contributed by atoms with Crippen LogP contribution < -0.4 is 10.1 Å². The van der Waals surface area contributed by atoms with Crippen molar-refractivity contribution < 1.29 is 27.8 Å². The molecule has 7 heteroatoms. The molecular weight excluding hydrogens is 368 g/mol. The van der Waals surface area contributed by atoms with E-state index in [1.807, 2.05) is 30.3 Å². The van der Waals surface area contributed by atoms with Crippen molar-refractivity contribution in [1.82, 2.24) is 5.32 Å². The van der Waals surface area contributed by atoms with Crippen LogP contribution in [0.2, 0.25) is 0 Å². The molecule has 0 radical (unpaired) electrons. The zero-order valence-electron chi connectivity index (χ0n) is 15.5. The lowest BCUT2D eigenvalue weighted by molar-refractivity contribution is -0.144. The fraction of sp³-hybridized carbons (Fsp3) is 0.238. The molecule has 0 unspecified atom stereocenters. The summed E-state index contributed by atoms with van der Waals surface area (Å²) < 4.78 is 33.9. The zero-order chi connectivity index (χ0) is 20.5. The van der Waals surface area contributed by atoms with E-state index in [-0.39, 0.29) is 5.75 Å². The van der Waals surface area contributed by atoms with Crippen LogP contribution in [0, 0.1) is 0 Å². The van der Waals surface area contributed by atoms with Gasteiger partial charge in [-0.3, -0.25) is 4.79 Å². The topological polar surface area (TPSA) is 64.6 Å². The number of alkyl halides is 2. The molecule has 0 heterocycles. The van der Waals surface area contributed by atoms with E-state index in [0.717, 1.165) is 11.1 Å². The molecule has 1 amide bonds. The number of benzene rings is 2. The second-order valence-electron chi connectivity index (χ2n) is 6.19. The number of rotatable bonds is 8. The van der Waals surface area contributed by atoms with Crippen molar-refractivity contribution in [2.24, 2.45) is 0 Å². The molecule has 1 atom stereocenters. The maximum Gasteiger partial charge on any atom is 0.387 e. The molecule has 0 aliphatic heterocycles. The minimum atomic E-state index is -2.91. The average Bonchev–Trinajstić information content (AvgIpc) is 2.65. The van der Waals surface area contributed by atoms with Crippen LogP contribution in [0.3, 0.4) is 0 Å². The summed E-state index contributed by atoms with van der Waals surface area (Å²) in [6.45, 7) is 0.145. The Morgan fingerprint density at radius 2 is 1.61 bits per heavy atom. The monoisotopic (exact) mass is 389 g/mol. The van der Waals surface area contributed by atoms with Crippen molar-refractivity contribution in [3.8, 4) is 5.75 Å². The van der Waals surface area contributed by atoms with Crippen LogP contribution in [0.4, 0.5) is 8.78 Å². The number of esters is 1. The second kappa shape index (κ2) is 10.2. The third-order valence-corrected chi connectivity index (χ3v) is 3.63. The summed E-state index contributed by atoms with van der Waals surface area (Å²) in [5.41, 5.74) is 2.21. The molecular formula is C21H21F2NO4. The number of hydrogen-bond acceptors (Lipinski definition) is 4. The Balaban J connectivity index is 2.13. The van der Waals surface area contributed by atoms with Crippen LogP contribution in [0.25, 0.3) is 0 Å². The van der Waals surface area contributed by atoms with E-state index in [4.69, 9.17) is 4.74 Å². The van der Waals surface area contributed by atoms with Crippen molar-refractivity contribution in [3.63, 3.8) is 0 Å². The largest absolute Gasteiger partial charge is 0.452 e. The van der Waals surface area contributed by atoms with Crippen LogP contribution >= 0.6 is 0 Å². The Bertz CT molecular complexity index is 816. The lowest BCUT2D eigenvalue weighted by atomic mass is 9.98. The number of carbonyl (C=O) groups excluding carboxylic acids is 2. The normalized spacial score (nSPS) is 11.5. The van der Waals surface area contributed by atoms with E-state index < -0.39 is 31.1 Å². The van der Waals surface area contributed by atoms with Crippen LogP contribution in [-0.4, -0.2) is 25.1 Å². The summed E-state index contributed by atoms with van der Waals surface area (Å²) in [6, 6.07) is 14.6. The fourth-order valence-corrected chi connectivity index (χ4v) is 2.46. The number of amides is 1. The fourth-order valence-electron chi connectivity index (χ4n) is 2.46. The lowest BCUT2D eigenvalue weighted by Gasteiger charge is -2.20. The Labute approximate surface area is 162 Å². The van der Waals surface area contributed by atoms with E-state index >= 15 is 0 Å². The standard InChI is InChI=1S/C21H21F2NO4/c1-14(2)12-19(26)27-13-18(25)24-20(15-6-4-3-5-7-15)16-8-10-17(11-9-16)28-21(22)23/h3-12,20-21H,13H2,1-2H3,(H,24,25)/t20-/m1/s1. The number of nitrogens with one attached hydrogen (secondary N) is 1. The van der Waals surface area contributed by atoms with Gasteiger partial charge in [-0.05, 0) is 37.1 Å². The van der Waals surface area contributed by atoms with Crippen molar-refractivity contribution in [2.45, 2.75) is 26.5 Å². The van der Waals surface area contributed by atoms with E-state index in [0.29, 0.717) is 5.56 Å². The number of ether oxygens (including phenoxy) is 2. The third kappa shape index (κ3) is 6.83. The first-order chi connectivity index (χ1) is 13.3. The van der Waals surface area contributed by atoms with Crippen molar-refractivity contribution in [1.29, 1.82) is 0 Å². The number of allylic oxidation sites excluding steroid dienone is 1. The van der Waals surface area contributed by atoms with E-state index in [2.05, 4.69) is 10.1 Å². The minimum Gasteiger partial charge on any atom is -0.452 e. The van der Waals surface area contributed by atoms with Gasteiger partial charge in [0.15, 0.2) is 6.61 Å². The third-order valence-electron chi connectivity index (χ3n) is 3.63. The molecule has 0 fully saturated rings. The Morgan fingerprint density at radius 3 is 2.18 bits per heavy atom. The van der Waals surface area contributed by atoms with E-state index in [1.165, 1.54) is 18.2 Å². The summed E-state index contributed by atoms with van der Waals surface area (Å²) in [5, 5.41) is 2.79. The molecule has 0 aliphatic rings. The van der Waals surface area contributed by atoms with Crippen LogP contribution in [0.15, 0.2) is 66.2 Å². The number of carbonyl (C=O) groups is 2. The van der Waals surface area contributed by atoms with Crippen molar-refractivity contribution in [3.05, 3.63) is 77.4 Å². The van der Waals surface area contributed by atoms with Gasteiger partial charge in [0.1, 0.15) is 5.75 Å². The Morgan fingerprint density at radius 1 is 1.00 bits per heavy atom. The van der Waals surface area contributed by atoms with Gasteiger partial charge in [0, 0.05) is 6.08 Å². The molecule has 2 rings (SSSR count). The highest BCUT2D eigenvalue weighted by Gasteiger charge is 2.18. The summed E-state index contributed by atoms with van der Waals surface area (Å²) in [4.78, 5) is 23.8. The molecule has 0 saturated carbocycles. The quantitative estimate of drug-likeness (QED) is 0.547. The van der Waals surface area contributed by atoms with Gasteiger partial charge in [0.05, 0.1) is 6.04 Å². The SMILES string of the molecule is CC(C)=CC(=O)OCC(=O)N[C@H](c1ccccc1)c1ccc(OC(F)F)cc1. The first-order valence-electron chi connectivity index (χ1n) is 8.56. The van der Waals surface area contributed by atoms with E-state index in [9.17, 15) is 18.4 Å². The van der Waals surface area contributed by atoms with Gasteiger partial charge in [-0.15, -0.1) is 0 Å². The van der Waals surface area contributed by atoms with Crippen LogP contribution in [0.1, 0.15) is 31.0 Å². The minimum absolute atomic E-state index is 0.0209. The zero-order valence-corrected chi connectivity index (χ0v) is 15.5. The maximum atomic E-state index is 12.3. The highest BCUT2D eigenvalue weighted by atomic mass is 19.3. The Kier molecular flexibility index (Phi) is 7.68.